The van der Waals surface area contributed by atoms with Crippen molar-refractivity contribution in [3.05, 3.63) is 48.3 Å². The molecule has 0 bridgehead atoms. The molecule has 20 heavy (non-hydrogen) atoms. The van der Waals surface area contributed by atoms with Crippen LogP contribution in [-0.2, 0) is 12.7 Å². The highest BCUT2D eigenvalue weighted by Gasteiger charge is 2.34. The molecule has 0 saturated heterocycles. The van der Waals surface area contributed by atoms with E-state index in [2.05, 4.69) is 5.10 Å². The maximum Gasteiger partial charge on any atom is 0.419 e. The first kappa shape index (κ1) is 14.4. The Morgan fingerprint density at radius 1 is 1.25 bits per heavy atom. The van der Waals surface area contributed by atoms with E-state index in [9.17, 15) is 18.3 Å². The summed E-state index contributed by atoms with van der Waals surface area (Å²) in [6, 6.07) is 6.59. The van der Waals surface area contributed by atoms with Gasteiger partial charge in [-0.2, -0.15) is 18.3 Å². The summed E-state index contributed by atoms with van der Waals surface area (Å²) >= 11 is 0. The van der Waals surface area contributed by atoms with Gasteiger partial charge in [0.15, 0.2) is 0 Å². The van der Waals surface area contributed by atoms with Crippen LogP contribution in [0, 0.1) is 0 Å². The summed E-state index contributed by atoms with van der Waals surface area (Å²) in [5, 5.41) is 13.6. The molecule has 0 aliphatic carbocycles. The van der Waals surface area contributed by atoms with Crippen LogP contribution in [0.2, 0.25) is 0 Å². The molecular formula is C13H13F3N2O2. The molecule has 0 radical (unpaired) electrons. The van der Waals surface area contributed by atoms with Crippen LogP contribution in [0.5, 0.6) is 5.75 Å². The summed E-state index contributed by atoms with van der Waals surface area (Å²) in [5.74, 6) is -0.292. The lowest BCUT2D eigenvalue weighted by molar-refractivity contribution is -0.139. The molecule has 2 aromatic rings. The summed E-state index contributed by atoms with van der Waals surface area (Å²) in [7, 11) is 0. The number of hydrogen-bond acceptors (Lipinski definition) is 3. The maximum absolute atomic E-state index is 12.7. The second-order valence-electron chi connectivity index (χ2n) is 4.19. The standard InChI is InChI=1S/C13H13F3N2O2/c14-13(15,16)11-4-1-2-5-12(11)20-9-10(19)8-18-7-3-6-17-18/h1-7,10,19H,8-9H2/t10-/m1/s1. The smallest absolute Gasteiger partial charge is 0.419 e. The van der Waals surface area contributed by atoms with Gasteiger partial charge >= 0.3 is 6.18 Å². The Kier molecular flexibility index (Phi) is 4.29. The minimum Gasteiger partial charge on any atom is -0.490 e. The normalized spacial score (nSPS) is 13.2. The van der Waals surface area contributed by atoms with E-state index >= 15 is 0 Å². The molecule has 1 atom stereocenters. The Balaban J connectivity index is 1.97. The molecule has 0 saturated carbocycles. The van der Waals surface area contributed by atoms with Gasteiger partial charge in [-0.3, -0.25) is 4.68 Å². The SMILES string of the molecule is O[C@@H](COc1ccccc1C(F)(F)F)Cn1cccn1. The van der Waals surface area contributed by atoms with E-state index in [0.29, 0.717) is 0 Å². The van der Waals surface area contributed by atoms with Crippen LogP contribution in [0.3, 0.4) is 0 Å². The topological polar surface area (TPSA) is 47.3 Å². The first-order valence-corrected chi connectivity index (χ1v) is 5.91. The number of rotatable bonds is 5. The van der Waals surface area contributed by atoms with Crippen LogP contribution in [0.4, 0.5) is 13.2 Å². The number of aromatic nitrogens is 2. The Morgan fingerprint density at radius 2 is 2.00 bits per heavy atom. The number of nitrogens with zero attached hydrogens (tertiary/aromatic N) is 2. The summed E-state index contributed by atoms with van der Waals surface area (Å²) < 4.78 is 44.7. The lowest BCUT2D eigenvalue weighted by Gasteiger charge is -2.16. The number of hydrogen-bond donors (Lipinski definition) is 1. The van der Waals surface area contributed by atoms with Crippen molar-refractivity contribution in [2.75, 3.05) is 6.61 Å². The largest absolute Gasteiger partial charge is 0.490 e. The molecule has 108 valence electrons. The second kappa shape index (κ2) is 5.96. The third-order valence-corrected chi connectivity index (χ3v) is 2.58. The van der Waals surface area contributed by atoms with Gasteiger partial charge in [-0.15, -0.1) is 0 Å². The first-order valence-electron chi connectivity index (χ1n) is 5.91. The molecule has 1 N–H and O–H groups in total. The molecule has 2 rings (SSSR count). The Morgan fingerprint density at radius 3 is 2.65 bits per heavy atom. The van der Waals surface area contributed by atoms with Gasteiger partial charge in [0.2, 0.25) is 0 Å². The fourth-order valence-corrected chi connectivity index (χ4v) is 1.69. The van der Waals surface area contributed by atoms with Crippen LogP contribution in [0.25, 0.3) is 0 Å². The molecule has 1 aromatic carbocycles. The number of aliphatic hydroxyl groups excluding tert-OH is 1. The number of ether oxygens (including phenoxy) is 1. The van der Waals surface area contributed by atoms with Crippen LogP contribution in [0.1, 0.15) is 5.56 Å². The van der Waals surface area contributed by atoms with Gasteiger partial charge in [0.05, 0.1) is 12.1 Å². The van der Waals surface area contributed by atoms with Gasteiger partial charge in [-0.1, -0.05) is 12.1 Å². The zero-order valence-electron chi connectivity index (χ0n) is 10.4. The predicted molar refractivity (Wildman–Crippen MR) is 65.2 cm³/mol. The van der Waals surface area contributed by atoms with Gasteiger partial charge in [0.1, 0.15) is 18.5 Å². The average Bonchev–Trinajstić information content (AvgIpc) is 2.88. The molecule has 0 fully saturated rings. The number of halogens is 3. The van der Waals surface area contributed by atoms with Crippen molar-refractivity contribution in [1.29, 1.82) is 0 Å². The highest BCUT2D eigenvalue weighted by molar-refractivity contribution is 5.35. The monoisotopic (exact) mass is 286 g/mol. The molecule has 4 nitrogen and oxygen atoms in total. The van der Waals surface area contributed by atoms with Crippen molar-refractivity contribution >= 4 is 0 Å². The van der Waals surface area contributed by atoms with Crippen molar-refractivity contribution < 1.29 is 23.0 Å². The van der Waals surface area contributed by atoms with Gasteiger partial charge in [0.25, 0.3) is 0 Å². The summed E-state index contributed by atoms with van der Waals surface area (Å²) in [6.45, 7) is -0.0891. The molecule has 0 aliphatic heterocycles. The van der Waals surface area contributed by atoms with E-state index in [0.717, 1.165) is 6.07 Å². The van der Waals surface area contributed by atoms with E-state index in [1.54, 1.807) is 18.5 Å². The van der Waals surface area contributed by atoms with Crippen molar-refractivity contribution in [2.45, 2.75) is 18.8 Å². The quantitative estimate of drug-likeness (QED) is 0.917. The van der Waals surface area contributed by atoms with E-state index in [1.807, 2.05) is 0 Å². The third-order valence-electron chi connectivity index (χ3n) is 2.58. The van der Waals surface area contributed by atoms with Gasteiger partial charge in [-0.25, -0.2) is 0 Å². The fourth-order valence-electron chi connectivity index (χ4n) is 1.69. The zero-order chi connectivity index (χ0) is 14.6. The Bertz CT molecular complexity index is 541. The van der Waals surface area contributed by atoms with E-state index < -0.39 is 17.8 Å². The van der Waals surface area contributed by atoms with Crippen molar-refractivity contribution in [2.24, 2.45) is 0 Å². The summed E-state index contributed by atoms with van der Waals surface area (Å²) in [5.41, 5.74) is -0.855. The zero-order valence-corrected chi connectivity index (χ0v) is 10.4. The first-order chi connectivity index (χ1) is 9.47. The Labute approximate surface area is 113 Å². The molecule has 0 amide bonds. The highest BCUT2D eigenvalue weighted by atomic mass is 19.4. The Hall–Kier alpha value is -2.02. The average molecular weight is 286 g/mol. The maximum atomic E-state index is 12.7. The molecule has 0 aliphatic rings. The molecular weight excluding hydrogens is 273 g/mol. The summed E-state index contributed by atoms with van der Waals surface area (Å²) in [6.07, 6.45) is -2.24. The van der Waals surface area contributed by atoms with Crippen LogP contribution in [0.15, 0.2) is 42.7 Å². The lowest BCUT2D eigenvalue weighted by Crippen LogP contribution is -2.24. The van der Waals surface area contributed by atoms with Gasteiger partial charge in [-0.05, 0) is 18.2 Å². The van der Waals surface area contributed by atoms with Crippen LogP contribution >= 0.6 is 0 Å². The number of aliphatic hydroxyl groups is 1. The van der Waals surface area contributed by atoms with E-state index in [4.69, 9.17) is 4.74 Å². The van der Waals surface area contributed by atoms with Crippen molar-refractivity contribution in [1.82, 2.24) is 9.78 Å². The molecule has 0 unspecified atom stereocenters. The van der Waals surface area contributed by atoms with Crippen LogP contribution < -0.4 is 4.74 Å². The van der Waals surface area contributed by atoms with Crippen molar-refractivity contribution in [3.8, 4) is 5.75 Å². The van der Waals surface area contributed by atoms with Crippen molar-refractivity contribution in [3.63, 3.8) is 0 Å². The van der Waals surface area contributed by atoms with Crippen LogP contribution in [-0.4, -0.2) is 27.6 Å². The van der Waals surface area contributed by atoms with Gasteiger partial charge in [0, 0.05) is 12.4 Å². The predicted octanol–water partition coefficient (Wildman–Crippen LogP) is 2.34. The second-order valence-corrected chi connectivity index (χ2v) is 4.19. The minimum absolute atomic E-state index is 0.154. The minimum atomic E-state index is -4.48. The molecule has 0 spiro atoms. The van der Waals surface area contributed by atoms with Gasteiger partial charge < -0.3 is 9.84 Å². The molecule has 1 heterocycles. The highest BCUT2D eigenvalue weighted by Crippen LogP contribution is 2.35. The number of benzene rings is 1. The van der Waals surface area contributed by atoms with E-state index in [-0.39, 0.29) is 18.9 Å². The molecule has 7 heteroatoms. The fraction of sp³-hybridized carbons (Fsp3) is 0.308. The lowest BCUT2D eigenvalue weighted by atomic mass is 10.2. The van der Waals surface area contributed by atoms with E-state index in [1.165, 1.54) is 22.9 Å². The number of alkyl halides is 3. The summed E-state index contributed by atoms with van der Waals surface area (Å²) in [4.78, 5) is 0. The molecule has 1 aromatic heterocycles. The third kappa shape index (κ3) is 3.74. The number of para-hydroxylation sites is 1.